The summed E-state index contributed by atoms with van der Waals surface area (Å²) in [4.78, 5) is 0. The molecule has 21 heavy (non-hydrogen) atoms. The molecule has 0 saturated carbocycles. The zero-order valence-electron chi connectivity index (χ0n) is 13.7. The molecule has 4 nitrogen and oxygen atoms in total. The number of nitrogens with zero attached hydrogens (tertiary/aromatic N) is 3. The maximum Gasteiger partial charge on any atom is 0.0965 e. The molecule has 0 radical (unpaired) electrons. The molecule has 114 valence electrons. The highest BCUT2D eigenvalue weighted by Crippen LogP contribution is 2.22. The fraction of sp³-hybridized carbons (Fsp3) is 0.529. The average molecular weight is 286 g/mol. The summed E-state index contributed by atoms with van der Waals surface area (Å²) in [7, 11) is 0. The van der Waals surface area contributed by atoms with E-state index in [1.807, 2.05) is 10.9 Å². The van der Waals surface area contributed by atoms with Crippen LogP contribution in [0.5, 0.6) is 0 Å². The molecule has 0 spiro atoms. The van der Waals surface area contributed by atoms with E-state index in [1.165, 1.54) is 11.1 Å². The normalized spacial score (nSPS) is 12.1. The van der Waals surface area contributed by atoms with Gasteiger partial charge in [0.1, 0.15) is 0 Å². The van der Waals surface area contributed by atoms with Gasteiger partial charge in [-0.3, -0.25) is 0 Å². The number of rotatable bonds is 5. The molecule has 4 heteroatoms. The first-order valence-corrected chi connectivity index (χ1v) is 7.56. The monoisotopic (exact) mass is 286 g/mol. The largest absolute Gasteiger partial charge is 0.309 e. The van der Waals surface area contributed by atoms with Crippen LogP contribution in [-0.2, 0) is 18.5 Å². The summed E-state index contributed by atoms with van der Waals surface area (Å²) in [5.41, 5.74) is 3.78. The van der Waals surface area contributed by atoms with Gasteiger partial charge in [0.05, 0.1) is 18.4 Å². The van der Waals surface area contributed by atoms with Crippen molar-refractivity contribution < 1.29 is 0 Å². The number of nitrogens with one attached hydrogen (secondary N) is 1. The average Bonchev–Trinajstić information content (AvgIpc) is 2.83. The molecule has 0 atom stereocenters. The smallest absolute Gasteiger partial charge is 0.0965 e. The van der Waals surface area contributed by atoms with Gasteiger partial charge in [0.15, 0.2) is 0 Å². The zero-order valence-corrected chi connectivity index (χ0v) is 13.7. The number of aromatic nitrogens is 3. The second-order valence-electron chi connectivity index (χ2n) is 6.89. The van der Waals surface area contributed by atoms with Gasteiger partial charge < -0.3 is 5.32 Å². The Balaban J connectivity index is 1.98. The van der Waals surface area contributed by atoms with E-state index in [2.05, 4.69) is 74.5 Å². The molecule has 0 aliphatic rings. The van der Waals surface area contributed by atoms with Crippen LogP contribution in [0.3, 0.4) is 0 Å². The summed E-state index contributed by atoms with van der Waals surface area (Å²) in [5.74, 6) is 0. The highest BCUT2D eigenvalue weighted by Gasteiger charge is 2.12. The maximum absolute atomic E-state index is 4.19. The van der Waals surface area contributed by atoms with E-state index >= 15 is 0 Å². The van der Waals surface area contributed by atoms with Gasteiger partial charge in [-0.15, -0.1) is 5.10 Å². The zero-order chi connectivity index (χ0) is 15.5. The van der Waals surface area contributed by atoms with Gasteiger partial charge in [0.25, 0.3) is 0 Å². The first-order chi connectivity index (χ1) is 9.84. The fourth-order valence-corrected chi connectivity index (χ4v) is 2.10. The molecular weight excluding hydrogens is 260 g/mol. The Morgan fingerprint density at radius 3 is 2.38 bits per heavy atom. The Hall–Kier alpha value is -1.68. The minimum Gasteiger partial charge on any atom is -0.309 e. The molecule has 0 fully saturated rings. The van der Waals surface area contributed by atoms with Gasteiger partial charge >= 0.3 is 0 Å². The van der Waals surface area contributed by atoms with E-state index in [0.29, 0.717) is 6.04 Å². The predicted molar refractivity (Wildman–Crippen MR) is 86.2 cm³/mol. The van der Waals surface area contributed by atoms with E-state index in [1.54, 1.807) is 0 Å². The highest BCUT2D eigenvalue weighted by atomic mass is 15.4. The van der Waals surface area contributed by atoms with E-state index < -0.39 is 0 Å². The topological polar surface area (TPSA) is 42.7 Å². The van der Waals surface area contributed by atoms with Crippen molar-refractivity contribution in [1.29, 1.82) is 0 Å². The molecule has 0 aliphatic carbocycles. The standard InChI is InChI=1S/C17H26N4/c1-13(2)18-10-16-12-21(20-19-16)11-14-6-8-15(9-7-14)17(3,4)5/h6-9,12-13,18H,10-11H2,1-5H3. The molecule has 1 N–H and O–H groups in total. The van der Waals surface area contributed by atoms with Gasteiger partial charge in [0, 0.05) is 12.6 Å². The minimum atomic E-state index is 0.196. The quantitative estimate of drug-likeness (QED) is 0.918. The summed E-state index contributed by atoms with van der Waals surface area (Å²) < 4.78 is 1.89. The van der Waals surface area contributed by atoms with Crippen LogP contribution < -0.4 is 5.32 Å². The third kappa shape index (κ3) is 4.67. The third-order valence-corrected chi connectivity index (χ3v) is 3.44. The molecule has 2 aromatic rings. The van der Waals surface area contributed by atoms with Crippen molar-refractivity contribution in [3.05, 3.63) is 47.3 Å². The van der Waals surface area contributed by atoms with Crippen LogP contribution in [0.1, 0.15) is 51.4 Å². The summed E-state index contributed by atoms with van der Waals surface area (Å²) in [6, 6.07) is 9.21. The summed E-state index contributed by atoms with van der Waals surface area (Å²) in [6.45, 7) is 12.5. The van der Waals surface area contributed by atoms with Crippen LogP contribution in [0, 0.1) is 0 Å². The van der Waals surface area contributed by atoms with Crippen molar-refractivity contribution in [1.82, 2.24) is 20.3 Å². The molecular formula is C17H26N4. The summed E-state index contributed by atoms with van der Waals surface area (Å²) in [6.07, 6.45) is 2.01. The minimum absolute atomic E-state index is 0.196. The number of hydrogen-bond donors (Lipinski definition) is 1. The molecule has 0 bridgehead atoms. The van der Waals surface area contributed by atoms with Crippen molar-refractivity contribution in [3.8, 4) is 0 Å². The van der Waals surface area contributed by atoms with Crippen LogP contribution in [0.2, 0.25) is 0 Å². The van der Waals surface area contributed by atoms with E-state index in [0.717, 1.165) is 18.8 Å². The third-order valence-electron chi connectivity index (χ3n) is 3.44. The second-order valence-corrected chi connectivity index (χ2v) is 6.89. The summed E-state index contributed by atoms with van der Waals surface area (Å²) >= 11 is 0. The first-order valence-electron chi connectivity index (χ1n) is 7.56. The summed E-state index contributed by atoms with van der Waals surface area (Å²) in [5, 5.41) is 11.7. The van der Waals surface area contributed by atoms with Crippen LogP contribution in [-0.4, -0.2) is 21.0 Å². The molecule has 1 heterocycles. The van der Waals surface area contributed by atoms with E-state index in [-0.39, 0.29) is 5.41 Å². The lowest BCUT2D eigenvalue weighted by Crippen LogP contribution is -2.21. The van der Waals surface area contributed by atoms with Crippen molar-refractivity contribution in [3.63, 3.8) is 0 Å². The molecule has 1 aromatic heterocycles. The van der Waals surface area contributed by atoms with E-state index in [4.69, 9.17) is 0 Å². The molecule has 2 rings (SSSR count). The van der Waals surface area contributed by atoms with Gasteiger partial charge in [-0.25, -0.2) is 4.68 Å². The van der Waals surface area contributed by atoms with Crippen molar-refractivity contribution in [2.45, 2.75) is 59.2 Å². The molecule has 1 aromatic carbocycles. The van der Waals surface area contributed by atoms with Gasteiger partial charge in [-0.05, 0) is 16.5 Å². The molecule has 0 aliphatic heterocycles. The van der Waals surface area contributed by atoms with E-state index in [9.17, 15) is 0 Å². The van der Waals surface area contributed by atoms with Crippen molar-refractivity contribution in [2.24, 2.45) is 0 Å². The van der Waals surface area contributed by atoms with Gasteiger partial charge in [0.2, 0.25) is 0 Å². The second kappa shape index (κ2) is 6.39. The Morgan fingerprint density at radius 2 is 1.81 bits per heavy atom. The van der Waals surface area contributed by atoms with Crippen LogP contribution in [0.15, 0.2) is 30.5 Å². The number of hydrogen-bond acceptors (Lipinski definition) is 3. The van der Waals surface area contributed by atoms with Gasteiger partial charge in [-0.2, -0.15) is 0 Å². The Morgan fingerprint density at radius 1 is 1.14 bits per heavy atom. The van der Waals surface area contributed by atoms with Crippen molar-refractivity contribution >= 4 is 0 Å². The van der Waals surface area contributed by atoms with Crippen LogP contribution >= 0.6 is 0 Å². The fourth-order valence-electron chi connectivity index (χ4n) is 2.10. The van der Waals surface area contributed by atoms with Crippen LogP contribution in [0.4, 0.5) is 0 Å². The molecule has 0 unspecified atom stereocenters. The molecule has 0 amide bonds. The Labute approximate surface area is 127 Å². The lowest BCUT2D eigenvalue weighted by Gasteiger charge is -2.19. The molecule has 0 saturated heterocycles. The predicted octanol–water partition coefficient (Wildman–Crippen LogP) is 3.12. The van der Waals surface area contributed by atoms with Gasteiger partial charge in [-0.1, -0.05) is 64.1 Å². The van der Waals surface area contributed by atoms with Crippen molar-refractivity contribution in [2.75, 3.05) is 0 Å². The van der Waals surface area contributed by atoms with Crippen LogP contribution in [0.25, 0.3) is 0 Å². The highest BCUT2D eigenvalue weighted by molar-refractivity contribution is 5.27. The SMILES string of the molecule is CC(C)NCc1cn(Cc2ccc(C(C)(C)C)cc2)nn1. The lowest BCUT2D eigenvalue weighted by molar-refractivity contribution is 0.580. The first kappa shape index (κ1) is 15.7. The Kier molecular flexibility index (Phi) is 4.78. The lowest BCUT2D eigenvalue weighted by atomic mass is 9.87. The maximum atomic E-state index is 4.19. The Bertz CT molecular complexity index is 561. The number of benzene rings is 1.